The number of hydrogen-bond donors (Lipinski definition) is 1. The van der Waals surface area contributed by atoms with Crippen LogP contribution in [0.25, 0.3) is 0 Å². The van der Waals surface area contributed by atoms with Crippen LogP contribution in [0.1, 0.15) is 18.9 Å². The van der Waals surface area contributed by atoms with Gasteiger partial charge in [0, 0.05) is 6.07 Å². The van der Waals surface area contributed by atoms with Crippen molar-refractivity contribution in [3.63, 3.8) is 0 Å². The summed E-state index contributed by atoms with van der Waals surface area (Å²) in [7, 11) is 0. The average molecular weight is 223 g/mol. The minimum atomic E-state index is -1.10. The highest BCUT2D eigenvalue weighted by molar-refractivity contribution is 5.72. The molecule has 5 heteroatoms. The van der Waals surface area contributed by atoms with Gasteiger partial charge in [0.15, 0.2) is 6.10 Å². The Balaban J connectivity index is 2.87. The van der Waals surface area contributed by atoms with Crippen LogP contribution < -0.4 is 4.74 Å². The third kappa shape index (κ3) is 2.70. The Morgan fingerprint density at radius 2 is 2.38 bits per heavy atom. The molecule has 1 aromatic rings. The minimum Gasteiger partial charge on any atom is -0.479 e. The number of carbonyl (C=O) groups is 1. The Labute approximate surface area is 91.9 Å². The third-order valence-electron chi connectivity index (χ3n) is 1.99. The Morgan fingerprint density at radius 3 is 2.81 bits per heavy atom. The van der Waals surface area contributed by atoms with Gasteiger partial charge in [-0.15, -0.1) is 0 Å². The molecule has 0 aliphatic rings. The summed E-state index contributed by atoms with van der Waals surface area (Å²) in [6.45, 7) is 1.65. The molecular weight excluding hydrogens is 213 g/mol. The van der Waals surface area contributed by atoms with Crippen molar-refractivity contribution < 1.29 is 19.0 Å². The minimum absolute atomic E-state index is 0.101. The lowest BCUT2D eigenvalue weighted by Gasteiger charge is -2.12. The second-order valence-electron chi connectivity index (χ2n) is 3.11. The Hall–Kier alpha value is -2.09. The van der Waals surface area contributed by atoms with Gasteiger partial charge in [-0.05, 0) is 18.6 Å². The second-order valence-corrected chi connectivity index (χ2v) is 3.11. The third-order valence-corrected chi connectivity index (χ3v) is 1.99. The van der Waals surface area contributed by atoms with Gasteiger partial charge in [-0.1, -0.05) is 6.92 Å². The first-order chi connectivity index (χ1) is 7.58. The van der Waals surface area contributed by atoms with E-state index in [0.29, 0.717) is 0 Å². The van der Waals surface area contributed by atoms with E-state index in [2.05, 4.69) is 0 Å². The lowest BCUT2D eigenvalue weighted by molar-refractivity contribution is -0.145. The standard InChI is InChI=1S/C11H10FNO3/c1-2-10(11(14)15)16-8-4-3-7(6-13)9(12)5-8/h3-5,10H,2H2,1H3,(H,14,15). The lowest BCUT2D eigenvalue weighted by atomic mass is 10.2. The Bertz CT molecular complexity index is 439. The quantitative estimate of drug-likeness (QED) is 0.846. The van der Waals surface area contributed by atoms with E-state index in [-0.39, 0.29) is 17.7 Å². The molecule has 1 rings (SSSR count). The molecule has 0 spiro atoms. The zero-order valence-electron chi connectivity index (χ0n) is 8.61. The molecule has 1 N–H and O–H groups in total. The molecule has 0 radical (unpaired) electrons. The Morgan fingerprint density at radius 1 is 1.69 bits per heavy atom. The predicted octanol–water partition coefficient (Wildman–Crippen LogP) is 1.94. The number of carboxylic acid groups (broad SMARTS) is 1. The molecule has 0 aliphatic carbocycles. The van der Waals surface area contributed by atoms with Crippen LogP contribution in [0.15, 0.2) is 18.2 Å². The lowest BCUT2D eigenvalue weighted by Crippen LogP contribution is -2.25. The van der Waals surface area contributed by atoms with Crippen molar-refractivity contribution >= 4 is 5.97 Å². The molecule has 16 heavy (non-hydrogen) atoms. The van der Waals surface area contributed by atoms with Gasteiger partial charge in [0.25, 0.3) is 0 Å². The number of halogens is 1. The fourth-order valence-corrected chi connectivity index (χ4v) is 1.13. The molecule has 0 aliphatic heterocycles. The summed E-state index contributed by atoms with van der Waals surface area (Å²) in [5, 5.41) is 17.2. The maximum Gasteiger partial charge on any atom is 0.344 e. The van der Waals surface area contributed by atoms with Gasteiger partial charge < -0.3 is 9.84 Å². The first-order valence-corrected chi connectivity index (χ1v) is 4.67. The van der Waals surface area contributed by atoms with Crippen LogP contribution in [0.5, 0.6) is 5.75 Å². The van der Waals surface area contributed by atoms with Crippen LogP contribution in [0.4, 0.5) is 4.39 Å². The molecular formula is C11H10FNO3. The number of hydrogen-bond acceptors (Lipinski definition) is 3. The van der Waals surface area contributed by atoms with Crippen LogP contribution in [0.2, 0.25) is 0 Å². The second kappa shape index (κ2) is 5.12. The van der Waals surface area contributed by atoms with E-state index < -0.39 is 17.9 Å². The van der Waals surface area contributed by atoms with Crippen LogP contribution >= 0.6 is 0 Å². The summed E-state index contributed by atoms with van der Waals surface area (Å²) >= 11 is 0. The summed E-state index contributed by atoms with van der Waals surface area (Å²) in [6.07, 6.45) is -0.732. The number of nitrogens with zero attached hydrogens (tertiary/aromatic N) is 1. The van der Waals surface area contributed by atoms with Gasteiger partial charge in [-0.2, -0.15) is 5.26 Å². The molecule has 84 valence electrons. The van der Waals surface area contributed by atoms with Crippen molar-refractivity contribution in [2.24, 2.45) is 0 Å². The highest BCUT2D eigenvalue weighted by atomic mass is 19.1. The number of carboxylic acids is 1. The van der Waals surface area contributed by atoms with Gasteiger partial charge in [0.05, 0.1) is 5.56 Å². The Kier molecular flexibility index (Phi) is 3.84. The van der Waals surface area contributed by atoms with Crippen LogP contribution in [0.3, 0.4) is 0 Å². The highest BCUT2D eigenvalue weighted by Gasteiger charge is 2.17. The van der Waals surface area contributed by atoms with Gasteiger partial charge in [0.1, 0.15) is 17.6 Å². The largest absolute Gasteiger partial charge is 0.479 e. The molecule has 0 fully saturated rings. The van der Waals surface area contributed by atoms with Crippen molar-refractivity contribution in [3.8, 4) is 11.8 Å². The first kappa shape index (κ1) is 12.0. The van der Waals surface area contributed by atoms with Crippen LogP contribution in [-0.2, 0) is 4.79 Å². The molecule has 0 amide bonds. The summed E-state index contributed by atoms with van der Waals surface area (Å²) in [4.78, 5) is 10.7. The maximum atomic E-state index is 13.2. The smallest absolute Gasteiger partial charge is 0.344 e. The zero-order chi connectivity index (χ0) is 12.1. The first-order valence-electron chi connectivity index (χ1n) is 4.67. The summed E-state index contributed by atoms with van der Waals surface area (Å²) in [6, 6.07) is 5.29. The number of ether oxygens (including phenoxy) is 1. The van der Waals surface area contributed by atoms with Crippen LogP contribution in [0, 0.1) is 17.1 Å². The fraction of sp³-hybridized carbons (Fsp3) is 0.273. The van der Waals surface area contributed by atoms with E-state index >= 15 is 0 Å². The van der Waals surface area contributed by atoms with Gasteiger partial charge >= 0.3 is 5.97 Å². The molecule has 0 saturated carbocycles. The van der Waals surface area contributed by atoms with Crippen molar-refractivity contribution in [3.05, 3.63) is 29.6 Å². The summed E-state index contributed by atoms with van der Waals surface area (Å²) in [5.41, 5.74) is -0.101. The summed E-state index contributed by atoms with van der Waals surface area (Å²) in [5.74, 6) is -1.72. The molecule has 0 bridgehead atoms. The molecule has 1 unspecified atom stereocenters. The number of benzene rings is 1. The van der Waals surface area contributed by atoms with Gasteiger partial charge in [0.2, 0.25) is 0 Å². The van der Waals surface area contributed by atoms with E-state index in [9.17, 15) is 9.18 Å². The van der Waals surface area contributed by atoms with Crippen LogP contribution in [-0.4, -0.2) is 17.2 Å². The average Bonchev–Trinajstić information content (AvgIpc) is 2.25. The van der Waals surface area contributed by atoms with Crippen molar-refractivity contribution in [1.29, 1.82) is 5.26 Å². The van der Waals surface area contributed by atoms with Gasteiger partial charge in [-0.25, -0.2) is 9.18 Å². The monoisotopic (exact) mass is 223 g/mol. The molecule has 1 aromatic carbocycles. The molecule has 0 saturated heterocycles. The normalized spacial score (nSPS) is 11.6. The topological polar surface area (TPSA) is 70.3 Å². The van der Waals surface area contributed by atoms with Gasteiger partial charge in [-0.3, -0.25) is 0 Å². The van der Waals surface area contributed by atoms with Crippen molar-refractivity contribution in [2.75, 3.05) is 0 Å². The zero-order valence-corrected chi connectivity index (χ0v) is 8.61. The molecule has 0 heterocycles. The number of rotatable bonds is 4. The van der Waals surface area contributed by atoms with E-state index in [0.717, 1.165) is 6.07 Å². The number of aliphatic carboxylic acids is 1. The van der Waals surface area contributed by atoms with E-state index in [1.165, 1.54) is 12.1 Å². The highest BCUT2D eigenvalue weighted by Crippen LogP contribution is 2.18. The summed E-state index contributed by atoms with van der Waals surface area (Å²) < 4.78 is 18.2. The number of nitriles is 1. The van der Waals surface area contributed by atoms with E-state index in [1.54, 1.807) is 13.0 Å². The maximum absolute atomic E-state index is 13.2. The SMILES string of the molecule is CCC(Oc1ccc(C#N)c(F)c1)C(=O)O. The van der Waals surface area contributed by atoms with E-state index in [4.69, 9.17) is 15.1 Å². The molecule has 4 nitrogen and oxygen atoms in total. The van der Waals surface area contributed by atoms with Crippen molar-refractivity contribution in [1.82, 2.24) is 0 Å². The fourth-order valence-electron chi connectivity index (χ4n) is 1.13. The van der Waals surface area contributed by atoms with Crippen molar-refractivity contribution in [2.45, 2.75) is 19.4 Å². The molecule has 1 atom stereocenters. The molecule has 0 aromatic heterocycles. The predicted molar refractivity (Wildman–Crippen MR) is 53.5 cm³/mol. The van der Waals surface area contributed by atoms with E-state index in [1.807, 2.05) is 0 Å².